The number of rotatable bonds is 4. The number of amides is 1. The third kappa shape index (κ3) is 4.09. The first kappa shape index (κ1) is 17.4. The van der Waals surface area contributed by atoms with E-state index in [-0.39, 0.29) is 42.6 Å². The van der Waals surface area contributed by atoms with Crippen LogP contribution in [0.1, 0.15) is 41.6 Å². The minimum absolute atomic E-state index is 0. The smallest absolute Gasteiger partial charge is 0.222 e. The second kappa shape index (κ2) is 7.57. The number of halogens is 2. The molecule has 122 valence electrons. The number of fused-ring (bicyclic) bond motifs is 1. The Kier molecular flexibility index (Phi) is 5.74. The Bertz CT molecular complexity index is 678. The van der Waals surface area contributed by atoms with Gasteiger partial charge in [0.1, 0.15) is 5.82 Å². The molecule has 0 radical (unpaired) electrons. The molecule has 2 aromatic rings. The molecule has 1 amide bonds. The Labute approximate surface area is 141 Å². The van der Waals surface area contributed by atoms with Crippen LogP contribution in [0.15, 0.2) is 48.5 Å². The first-order chi connectivity index (χ1) is 10.6. The van der Waals surface area contributed by atoms with Crippen molar-refractivity contribution in [3.8, 4) is 0 Å². The van der Waals surface area contributed by atoms with E-state index in [4.69, 9.17) is 5.73 Å². The van der Waals surface area contributed by atoms with E-state index >= 15 is 0 Å². The summed E-state index contributed by atoms with van der Waals surface area (Å²) in [5.41, 5.74) is 9.03. The van der Waals surface area contributed by atoms with Crippen molar-refractivity contribution in [2.24, 2.45) is 5.73 Å². The van der Waals surface area contributed by atoms with Crippen molar-refractivity contribution in [2.45, 2.75) is 31.3 Å². The second-order valence-corrected chi connectivity index (χ2v) is 5.72. The molecule has 2 atom stereocenters. The fourth-order valence-electron chi connectivity index (χ4n) is 3.01. The van der Waals surface area contributed by atoms with Crippen LogP contribution < -0.4 is 11.1 Å². The van der Waals surface area contributed by atoms with Crippen molar-refractivity contribution in [2.75, 3.05) is 0 Å². The summed E-state index contributed by atoms with van der Waals surface area (Å²) in [7, 11) is 0. The van der Waals surface area contributed by atoms with Crippen LogP contribution in [0.5, 0.6) is 0 Å². The molecule has 0 aromatic heterocycles. The zero-order chi connectivity index (χ0) is 15.5. The van der Waals surface area contributed by atoms with E-state index in [1.54, 1.807) is 12.1 Å². The molecule has 5 heteroatoms. The minimum Gasteiger partial charge on any atom is -0.349 e. The van der Waals surface area contributed by atoms with Gasteiger partial charge in [0.25, 0.3) is 0 Å². The third-order valence-electron chi connectivity index (χ3n) is 4.15. The highest BCUT2D eigenvalue weighted by Crippen LogP contribution is 2.31. The molecule has 0 heterocycles. The van der Waals surface area contributed by atoms with Gasteiger partial charge in [-0.15, -0.1) is 12.4 Å². The maximum absolute atomic E-state index is 13.2. The molecule has 3 N–H and O–H groups in total. The Hall–Kier alpha value is -1.91. The Balaban J connectivity index is 0.00000192. The van der Waals surface area contributed by atoms with Gasteiger partial charge >= 0.3 is 0 Å². The van der Waals surface area contributed by atoms with Crippen LogP contribution in [0.3, 0.4) is 0 Å². The number of aryl methyl sites for hydroxylation is 1. The van der Waals surface area contributed by atoms with Crippen LogP contribution >= 0.6 is 12.4 Å². The van der Waals surface area contributed by atoms with E-state index in [9.17, 15) is 9.18 Å². The predicted octanol–water partition coefficient (Wildman–Crippen LogP) is 3.44. The van der Waals surface area contributed by atoms with E-state index in [0.717, 1.165) is 29.5 Å². The average molecular weight is 335 g/mol. The predicted molar refractivity (Wildman–Crippen MR) is 90.8 cm³/mol. The van der Waals surface area contributed by atoms with Gasteiger partial charge in [-0.1, -0.05) is 36.4 Å². The van der Waals surface area contributed by atoms with Gasteiger partial charge in [0.2, 0.25) is 5.91 Å². The molecule has 3 rings (SSSR count). The standard InChI is InChI=1S/C18H19FN2O.ClH/c19-14-7-8-15-13(10-14)6-9-17(15)21-18(22)11-16(20)12-4-2-1-3-5-12;/h1-5,7-8,10,16-17H,6,9,11,20H2,(H,21,22);1H. The summed E-state index contributed by atoms with van der Waals surface area (Å²) in [5.74, 6) is -0.296. The lowest BCUT2D eigenvalue weighted by Crippen LogP contribution is -2.30. The molecule has 0 fully saturated rings. The highest BCUT2D eigenvalue weighted by molar-refractivity contribution is 5.85. The molecule has 0 bridgehead atoms. The van der Waals surface area contributed by atoms with Gasteiger partial charge in [0, 0.05) is 12.5 Å². The summed E-state index contributed by atoms with van der Waals surface area (Å²) in [6.07, 6.45) is 1.85. The number of carbonyl (C=O) groups excluding carboxylic acids is 1. The van der Waals surface area contributed by atoms with Gasteiger partial charge in [-0.05, 0) is 41.7 Å². The van der Waals surface area contributed by atoms with Crippen molar-refractivity contribution in [3.63, 3.8) is 0 Å². The zero-order valence-corrected chi connectivity index (χ0v) is 13.5. The third-order valence-corrected chi connectivity index (χ3v) is 4.15. The van der Waals surface area contributed by atoms with Crippen LogP contribution in [0.4, 0.5) is 4.39 Å². The van der Waals surface area contributed by atoms with Gasteiger partial charge in [-0.25, -0.2) is 4.39 Å². The highest BCUT2D eigenvalue weighted by atomic mass is 35.5. The van der Waals surface area contributed by atoms with Crippen LogP contribution in [0.2, 0.25) is 0 Å². The summed E-state index contributed by atoms with van der Waals surface area (Å²) < 4.78 is 13.2. The summed E-state index contributed by atoms with van der Waals surface area (Å²) in [5, 5.41) is 3.01. The minimum atomic E-state index is -0.310. The number of carbonyl (C=O) groups is 1. The number of nitrogens with one attached hydrogen (secondary N) is 1. The van der Waals surface area contributed by atoms with Crippen LogP contribution in [0.25, 0.3) is 0 Å². The molecule has 0 spiro atoms. The van der Waals surface area contributed by atoms with Crippen molar-refractivity contribution in [1.82, 2.24) is 5.32 Å². The summed E-state index contributed by atoms with van der Waals surface area (Å²) in [6.45, 7) is 0. The number of nitrogens with two attached hydrogens (primary N) is 1. The van der Waals surface area contributed by atoms with E-state index in [2.05, 4.69) is 5.32 Å². The first-order valence-corrected chi connectivity index (χ1v) is 7.51. The maximum Gasteiger partial charge on any atom is 0.222 e. The molecule has 2 unspecified atom stereocenters. The number of hydrogen-bond donors (Lipinski definition) is 2. The van der Waals surface area contributed by atoms with Crippen molar-refractivity contribution in [3.05, 3.63) is 71.0 Å². The monoisotopic (exact) mass is 334 g/mol. The lowest BCUT2D eigenvalue weighted by Gasteiger charge is -2.17. The molecule has 1 aliphatic carbocycles. The topological polar surface area (TPSA) is 55.1 Å². The molecule has 23 heavy (non-hydrogen) atoms. The van der Waals surface area contributed by atoms with Gasteiger partial charge in [-0.3, -0.25) is 4.79 Å². The SMILES string of the molecule is Cl.NC(CC(=O)NC1CCc2cc(F)ccc21)c1ccccc1. The highest BCUT2D eigenvalue weighted by Gasteiger charge is 2.24. The maximum atomic E-state index is 13.2. The largest absolute Gasteiger partial charge is 0.349 e. The van der Waals surface area contributed by atoms with Crippen LogP contribution in [-0.4, -0.2) is 5.91 Å². The number of hydrogen-bond acceptors (Lipinski definition) is 2. The number of benzene rings is 2. The fraction of sp³-hybridized carbons (Fsp3) is 0.278. The van der Waals surface area contributed by atoms with Gasteiger partial charge < -0.3 is 11.1 Å². The Morgan fingerprint density at radius 3 is 2.74 bits per heavy atom. The van der Waals surface area contributed by atoms with E-state index in [1.807, 2.05) is 30.3 Å². The second-order valence-electron chi connectivity index (χ2n) is 5.72. The summed E-state index contributed by atoms with van der Waals surface area (Å²) in [6, 6.07) is 14.0. The van der Waals surface area contributed by atoms with Crippen LogP contribution in [-0.2, 0) is 11.2 Å². The van der Waals surface area contributed by atoms with E-state index in [0.29, 0.717) is 0 Å². The Morgan fingerprint density at radius 2 is 2.00 bits per heavy atom. The molecular weight excluding hydrogens is 315 g/mol. The van der Waals surface area contributed by atoms with Crippen molar-refractivity contribution >= 4 is 18.3 Å². The van der Waals surface area contributed by atoms with Gasteiger partial charge in [0.05, 0.1) is 6.04 Å². The molecule has 0 saturated heterocycles. The first-order valence-electron chi connectivity index (χ1n) is 7.51. The fourth-order valence-corrected chi connectivity index (χ4v) is 3.01. The van der Waals surface area contributed by atoms with Gasteiger partial charge in [-0.2, -0.15) is 0 Å². The van der Waals surface area contributed by atoms with Crippen molar-refractivity contribution < 1.29 is 9.18 Å². The Morgan fingerprint density at radius 1 is 1.26 bits per heavy atom. The quantitative estimate of drug-likeness (QED) is 0.900. The average Bonchev–Trinajstić information content (AvgIpc) is 2.90. The molecule has 1 aliphatic rings. The molecular formula is C18H20ClFN2O. The molecule has 3 nitrogen and oxygen atoms in total. The normalized spacial score (nSPS) is 17.0. The lowest BCUT2D eigenvalue weighted by molar-refractivity contribution is -0.122. The van der Waals surface area contributed by atoms with Crippen molar-refractivity contribution in [1.29, 1.82) is 0 Å². The van der Waals surface area contributed by atoms with E-state index < -0.39 is 0 Å². The van der Waals surface area contributed by atoms with Crippen LogP contribution in [0, 0.1) is 5.82 Å². The molecule has 0 saturated carbocycles. The van der Waals surface area contributed by atoms with E-state index in [1.165, 1.54) is 6.07 Å². The molecule has 0 aliphatic heterocycles. The lowest BCUT2D eigenvalue weighted by atomic mass is 10.0. The summed E-state index contributed by atoms with van der Waals surface area (Å²) >= 11 is 0. The zero-order valence-electron chi connectivity index (χ0n) is 12.7. The summed E-state index contributed by atoms with van der Waals surface area (Å²) in [4.78, 5) is 12.2. The molecule has 2 aromatic carbocycles. The van der Waals surface area contributed by atoms with Gasteiger partial charge in [0.15, 0.2) is 0 Å².